The topological polar surface area (TPSA) is 43.1 Å². The molecule has 0 fully saturated rings. The Bertz CT molecular complexity index is 303. The van der Waals surface area contributed by atoms with Crippen LogP contribution in [0.25, 0.3) is 0 Å². The highest BCUT2D eigenvalue weighted by Crippen LogP contribution is 2.20. The molecule has 11 heavy (non-hydrogen) atoms. The number of nitro groups is 1. The second kappa shape index (κ2) is 2.96. The summed E-state index contributed by atoms with van der Waals surface area (Å²) in [5.41, 5.74) is -0.245. The minimum absolute atomic E-state index is 0.225. The van der Waals surface area contributed by atoms with Crippen LogP contribution in [-0.4, -0.2) is 4.92 Å². The molecule has 1 aromatic carbocycles. The summed E-state index contributed by atoms with van der Waals surface area (Å²) in [6.07, 6.45) is 0. The Morgan fingerprint density at radius 2 is 2.18 bits per heavy atom. The quantitative estimate of drug-likeness (QED) is 0.538. The number of benzene rings is 1. The molecule has 3 nitrogen and oxygen atoms in total. The van der Waals surface area contributed by atoms with E-state index < -0.39 is 10.7 Å². The first kappa shape index (κ1) is 8.13. The largest absolute Gasteiger partial charge is 0.272 e. The summed E-state index contributed by atoms with van der Waals surface area (Å²) >= 11 is 2.88. The Hall–Kier alpha value is -0.970. The summed E-state index contributed by atoms with van der Waals surface area (Å²) < 4.78 is 12.8. The zero-order valence-corrected chi connectivity index (χ0v) is 6.84. The lowest BCUT2D eigenvalue weighted by Gasteiger charge is -1.92. The van der Waals surface area contributed by atoms with Crippen LogP contribution in [-0.2, 0) is 0 Å². The average Bonchev–Trinajstić information content (AvgIpc) is 1.94. The number of nitro benzene ring substituents is 1. The van der Waals surface area contributed by atoms with E-state index in [1.165, 1.54) is 12.1 Å². The zero-order chi connectivity index (χ0) is 8.43. The second-order valence-corrected chi connectivity index (χ2v) is 2.71. The molecule has 0 unspecified atom stereocenters. The molecule has 1 rings (SSSR count). The van der Waals surface area contributed by atoms with E-state index in [4.69, 9.17) is 0 Å². The van der Waals surface area contributed by atoms with Gasteiger partial charge in [0, 0.05) is 6.07 Å². The molecule has 1 aromatic rings. The molecule has 0 N–H and O–H groups in total. The minimum atomic E-state index is -0.643. The van der Waals surface area contributed by atoms with E-state index in [-0.39, 0.29) is 10.2 Å². The molecule has 0 heterocycles. The number of nitrogens with zero attached hydrogens (tertiary/aromatic N) is 1. The maximum absolute atomic E-state index is 12.6. The van der Waals surface area contributed by atoms with Crippen molar-refractivity contribution in [2.24, 2.45) is 0 Å². The van der Waals surface area contributed by atoms with E-state index in [9.17, 15) is 14.5 Å². The molecule has 0 aromatic heterocycles. The van der Waals surface area contributed by atoms with E-state index in [2.05, 4.69) is 15.9 Å². The van der Waals surface area contributed by atoms with Gasteiger partial charge in [-0.15, -0.1) is 0 Å². The Balaban J connectivity index is 3.15. The highest BCUT2D eigenvalue weighted by molar-refractivity contribution is 9.10. The summed E-state index contributed by atoms with van der Waals surface area (Å²) in [4.78, 5) is 9.44. The van der Waals surface area contributed by atoms with Gasteiger partial charge in [0.1, 0.15) is 5.82 Å². The molecular weight excluding hydrogens is 217 g/mol. The molecule has 0 atom stereocenters. The minimum Gasteiger partial charge on any atom is -0.258 e. The van der Waals surface area contributed by atoms with Crippen molar-refractivity contribution in [2.45, 2.75) is 0 Å². The maximum Gasteiger partial charge on any atom is 0.272 e. The third-order valence-electron chi connectivity index (χ3n) is 1.11. The van der Waals surface area contributed by atoms with Gasteiger partial charge >= 0.3 is 0 Å². The third kappa shape index (κ3) is 1.74. The fraction of sp³-hybridized carbons (Fsp3) is 0. The van der Waals surface area contributed by atoms with Crippen molar-refractivity contribution in [1.29, 1.82) is 0 Å². The monoisotopic (exact) mass is 219 g/mol. The van der Waals surface area contributed by atoms with Crippen LogP contribution < -0.4 is 0 Å². The Labute approximate surface area is 70.1 Å². The summed E-state index contributed by atoms with van der Waals surface area (Å²) in [6.45, 7) is 0. The van der Waals surface area contributed by atoms with Gasteiger partial charge in [0.2, 0.25) is 0 Å². The van der Waals surface area contributed by atoms with Crippen LogP contribution >= 0.6 is 15.9 Å². The van der Waals surface area contributed by atoms with Gasteiger partial charge in [-0.05, 0) is 22.0 Å². The molecule has 0 amide bonds. The lowest BCUT2D eigenvalue weighted by molar-refractivity contribution is -0.385. The van der Waals surface area contributed by atoms with Gasteiger partial charge < -0.3 is 0 Å². The number of halogens is 2. The van der Waals surface area contributed by atoms with Crippen LogP contribution in [0.2, 0.25) is 0 Å². The van der Waals surface area contributed by atoms with Gasteiger partial charge in [0.25, 0.3) is 5.69 Å². The van der Waals surface area contributed by atoms with E-state index in [0.29, 0.717) is 0 Å². The van der Waals surface area contributed by atoms with Crippen LogP contribution in [0, 0.1) is 15.9 Å². The van der Waals surface area contributed by atoms with Crippen LogP contribution in [0.3, 0.4) is 0 Å². The van der Waals surface area contributed by atoms with E-state index in [1.807, 2.05) is 0 Å². The van der Waals surface area contributed by atoms with Crippen LogP contribution in [0.4, 0.5) is 10.1 Å². The Kier molecular flexibility index (Phi) is 2.19. The number of hydrogen-bond donors (Lipinski definition) is 0. The van der Waals surface area contributed by atoms with Gasteiger partial charge in [-0.1, -0.05) is 0 Å². The fourth-order valence-electron chi connectivity index (χ4n) is 0.599. The first-order valence-corrected chi connectivity index (χ1v) is 3.50. The van der Waals surface area contributed by atoms with Crippen molar-refractivity contribution in [3.05, 3.63) is 38.6 Å². The molecule has 0 radical (unpaired) electrons. The van der Waals surface area contributed by atoms with Crippen molar-refractivity contribution in [3.63, 3.8) is 0 Å². The van der Waals surface area contributed by atoms with Crippen LogP contribution in [0.1, 0.15) is 0 Å². The Morgan fingerprint density at radius 1 is 1.55 bits per heavy atom. The predicted molar refractivity (Wildman–Crippen MR) is 40.8 cm³/mol. The van der Waals surface area contributed by atoms with Crippen LogP contribution in [0.5, 0.6) is 0 Å². The molecule has 0 saturated carbocycles. The number of hydrogen-bond acceptors (Lipinski definition) is 2. The second-order valence-electron chi connectivity index (χ2n) is 1.86. The molecule has 0 bridgehead atoms. The summed E-state index contributed by atoms with van der Waals surface area (Å²) in [5, 5.41) is 10.1. The first-order valence-electron chi connectivity index (χ1n) is 2.70. The highest BCUT2D eigenvalue weighted by atomic mass is 79.9. The molecule has 0 spiro atoms. The highest BCUT2D eigenvalue weighted by Gasteiger charge is 2.07. The summed E-state index contributed by atoms with van der Waals surface area (Å²) in [6, 6.07) is 3.39. The van der Waals surface area contributed by atoms with Crippen molar-refractivity contribution in [2.75, 3.05) is 0 Å². The summed E-state index contributed by atoms with van der Waals surface area (Å²) in [7, 11) is 0. The normalized spacial score (nSPS) is 9.64. The van der Waals surface area contributed by atoms with Crippen molar-refractivity contribution in [3.8, 4) is 0 Å². The van der Waals surface area contributed by atoms with Crippen molar-refractivity contribution < 1.29 is 9.31 Å². The predicted octanol–water partition coefficient (Wildman–Crippen LogP) is 2.50. The van der Waals surface area contributed by atoms with Crippen molar-refractivity contribution >= 4 is 21.6 Å². The fourth-order valence-corrected chi connectivity index (χ4v) is 0.845. The summed E-state index contributed by atoms with van der Waals surface area (Å²) in [5.74, 6) is -0.626. The lowest BCUT2D eigenvalue weighted by Crippen LogP contribution is -1.88. The van der Waals surface area contributed by atoms with E-state index in [1.54, 1.807) is 0 Å². The SMILES string of the molecule is O=[N+]([O-])c1ccc(Br)c(F)c1. The molecule has 58 valence electrons. The number of non-ortho nitro benzene ring substituents is 1. The van der Waals surface area contributed by atoms with Gasteiger partial charge in [-0.2, -0.15) is 0 Å². The molecule has 5 heteroatoms. The number of rotatable bonds is 1. The van der Waals surface area contributed by atoms with Gasteiger partial charge in [0.15, 0.2) is 0 Å². The first-order chi connectivity index (χ1) is 5.11. The third-order valence-corrected chi connectivity index (χ3v) is 1.76. The molecular formula is C6H3BrFNO2. The lowest BCUT2D eigenvalue weighted by atomic mass is 10.3. The standard InChI is InChI=1S/C6H3BrFNO2/c7-5-2-1-4(9(10)11)3-6(5)8/h1-3H. The van der Waals surface area contributed by atoms with Gasteiger partial charge in [-0.25, -0.2) is 4.39 Å². The van der Waals surface area contributed by atoms with Crippen molar-refractivity contribution in [1.82, 2.24) is 0 Å². The zero-order valence-electron chi connectivity index (χ0n) is 5.25. The molecule has 0 aliphatic heterocycles. The molecule has 0 aliphatic carbocycles. The van der Waals surface area contributed by atoms with Gasteiger partial charge in [0.05, 0.1) is 15.5 Å². The molecule has 0 saturated heterocycles. The smallest absolute Gasteiger partial charge is 0.258 e. The maximum atomic E-state index is 12.6. The molecule has 0 aliphatic rings. The van der Waals surface area contributed by atoms with Gasteiger partial charge in [-0.3, -0.25) is 10.1 Å². The van der Waals surface area contributed by atoms with E-state index in [0.717, 1.165) is 6.07 Å². The van der Waals surface area contributed by atoms with E-state index >= 15 is 0 Å². The van der Waals surface area contributed by atoms with Crippen LogP contribution in [0.15, 0.2) is 22.7 Å². The Morgan fingerprint density at radius 3 is 2.64 bits per heavy atom. The average molecular weight is 220 g/mol.